The summed E-state index contributed by atoms with van der Waals surface area (Å²) in [5, 5.41) is 18.4. The molecule has 0 aliphatic carbocycles. The Hall–Kier alpha value is -1.45. The Morgan fingerprint density at radius 2 is 1.56 bits per heavy atom. The van der Waals surface area contributed by atoms with Crippen LogP contribution in [0.3, 0.4) is 0 Å². The molecule has 0 atom stereocenters. The summed E-state index contributed by atoms with van der Waals surface area (Å²) in [5.74, 6) is 0.237. The third-order valence-electron chi connectivity index (χ3n) is 3.32. The molecule has 0 amide bonds. The molecule has 0 radical (unpaired) electrons. The smallest absolute Gasteiger partial charge is 0.0975 e. The Kier molecular flexibility index (Phi) is 3.31. The molecular weight excluding hydrogens is 222 g/mol. The predicted octanol–water partition coefficient (Wildman–Crippen LogP) is 2.77. The molecular formula is C12H14ClN3. The number of hydrogen-bond acceptors (Lipinski definition) is 3. The van der Waals surface area contributed by atoms with Crippen LogP contribution in [0.5, 0.6) is 0 Å². The summed E-state index contributed by atoms with van der Waals surface area (Å²) in [6.45, 7) is 5.60. The summed E-state index contributed by atoms with van der Waals surface area (Å²) in [4.78, 5) is 1.87. The van der Waals surface area contributed by atoms with Crippen molar-refractivity contribution < 1.29 is 0 Å². The molecule has 0 fully saturated rings. The Morgan fingerprint density at radius 1 is 1.19 bits per heavy atom. The molecule has 84 valence electrons. The highest BCUT2D eigenvalue weighted by Gasteiger charge is 2.40. The van der Waals surface area contributed by atoms with Crippen molar-refractivity contribution in [1.82, 2.24) is 4.90 Å². The molecule has 0 bridgehead atoms. The molecule has 0 spiro atoms. The van der Waals surface area contributed by atoms with Gasteiger partial charge in [0.1, 0.15) is 0 Å². The van der Waals surface area contributed by atoms with Gasteiger partial charge in [0.05, 0.1) is 28.7 Å². The molecule has 0 aromatic heterocycles. The first-order chi connectivity index (χ1) is 7.43. The van der Waals surface area contributed by atoms with Crippen molar-refractivity contribution in [3.05, 3.63) is 22.5 Å². The maximum absolute atomic E-state index is 9.22. The molecule has 0 unspecified atom stereocenters. The number of allylic oxidation sites excluding steroid dienone is 4. The van der Waals surface area contributed by atoms with Crippen molar-refractivity contribution in [3.8, 4) is 12.1 Å². The monoisotopic (exact) mass is 235 g/mol. The molecule has 1 rings (SSSR count). The number of nitrogens with zero attached hydrogens (tertiary/aromatic N) is 3. The van der Waals surface area contributed by atoms with E-state index in [1.165, 1.54) is 0 Å². The molecule has 1 aliphatic heterocycles. The summed E-state index contributed by atoms with van der Waals surface area (Å²) in [6, 6.07) is 4.36. The van der Waals surface area contributed by atoms with Crippen LogP contribution in [0, 0.1) is 28.1 Å². The largest absolute Gasteiger partial charge is 0.350 e. The maximum Gasteiger partial charge on any atom is 0.0975 e. The van der Waals surface area contributed by atoms with Crippen LogP contribution < -0.4 is 0 Å². The zero-order chi connectivity index (χ0) is 12.5. The molecule has 0 saturated heterocycles. The lowest BCUT2D eigenvalue weighted by molar-refractivity contribution is 0.429. The van der Waals surface area contributed by atoms with E-state index in [0.717, 1.165) is 11.4 Å². The third-order valence-corrected chi connectivity index (χ3v) is 3.86. The number of halogens is 1. The van der Waals surface area contributed by atoms with Crippen molar-refractivity contribution in [2.75, 3.05) is 12.9 Å². The fourth-order valence-corrected chi connectivity index (χ4v) is 2.32. The first-order valence-electron chi connectivity index (χ1n) is 4.96. The topological polar surface area (TPSA) is 50.8 Å². The highest BCUT2D eigenvalue weighted by Crippen LogP contribution is 2.44. The van der Waals surface area contributed by atoms with Crippen molar-refractivity contribution in [2.24, 2.45) is 5.41 Å². The van der Waals surface area contributed by atoms with Crippen LogP contribution in [0.25, 0.3) is 0 Å². The molecule has 1 aliphatic rings. The minimum atomic E-state index is -0.661. The second kappa shape index (κ2) is 4.20. The third kappa shape index (κ3) is 1.49. The van der Waals surface area contributed by atoms with Crippen molar-refractivity contribution in [1.29, 1.82) is 10.5 Å². The van der Waals surface area contributed by atoms with Crippen LogP contribution in [0.15, 0.2) is 22.5 Å². The molecule has 0 aromatic rings. The standard InChI is InChI=1S/C12H14ClN3/c1-8-10(5-14)12(3,7-13)11(6-15)9(2)16(8)4/h7H2,1-4H3. The Balaban J connectivity index is 3.56. The molecule has 4 heteroatoms. The van der Waals surface area contributed by atoms with Crippen molar-refractivity contribution >= 4 is 11.6 Å². The Bertz CT molecular complexity index is 422. The van der Waals surface area contributed by atoms with Gasteiger partial charge < -0.3 is 4.90 Å². The SMILES string of the molecule is CC1=C(C#N)C(C)(CCl)C(C#N)=C(C)N1C. The average Bonchev–Trinajstić information content (AvgIpc) is 2.27. The molecule has 0 saturated carbocycles. The zero-order valence-corrected chi connectivity index (χ0v) is 10.7. The van der Waals surface area contributed by atoms with E-state index >= 15 is 0 Å². The first-order valence-corrected chi connectivity index (χ1v) is 5.50. The van der Waals surface area contributed by atoms with Crippen LogP contribution in [0.4, 0.5) is 0 Å². The Labute approximate surface area is 101 Å². The zero-order valence-electron chi connectivity index (χ0n) is 9.93. The van der Waals surface area contributed by atoms with Gasteiger partial charge in [-0.2, -0.15) is 10.5 Å². The van der Waals surface area contributed by atoms with E-state index in [2.05, 4.69) is 12.1 Å². The van der Waals surface area contributed by atoms with Gasteiger partial charge in [-0.1, -0.05) is 0 Å². The number of alkyl halides is 1. The summed E-state index contributed by atoms with van der Waals surface area (Å²) in [5.41, 5.74) is 2.22. The summed E-state index contributed by atoms with van der Waals surface area (Å²) in [7, 11) is 1.85. The fourth-order valence-electron chi connectivity index (χ4n) is 2.05. The number of nitriles is 2. The Morgan fingerprint density at radius 3 is 1.81 bits per heavy atom. The second-order valence-electron chi connectivity index (χ2n) is 4.17. The molecule has 0 N–H and O–H groups in total. The number of rotatable bonds is 1. The lowest BCUT2D eigenvalue weighted by Crippen LogP contribution is -2.34. The van der Waals surface area contributed by atoms with Crippen molar-refractivity contribution in [2.45, 2.75) is 20.8 Å². The lowest BCUT2D eigenvalue weighted by Gasteiger charge is -2.38. The van der Waals surface area contributed by atoms with Gasteiger partial charge in [-0.25, -0.2) is 0 Å². The van der Waals surface area contributed by atoms with Gasteiger partial charge in [-0.15, -0.1) is 11.6 Å². The first kappa shape index (κ1) is 12.6. The summed E-state index contributed by atoms with van der Waals surface area (Å²) >= 11 is 5.96. The van der Waals surface area contributed by atoms with Gasteiger partial charge in [-0.3, -0.25) is 0 Å². The quantitative estimate of drug-likeness (QED) is 0.657. The normalized spacial score (nSPS) is 19.6. The van der Waals surface area contributed by atoms with E-state index in [1.54, 1.807) is 0 Å². The van der Waals surface area contributed by atoms with Gasteiger partial charge in [0.25, 0.3) is 0 Å². The highest BCUT2D eigenvalue weighted by molar-refractivity contribution is 6.18. The minimum absolute atomic E-state index is 0.237. The minimum Gasteiger partial charge on any atom is -0.350 e. The van der Waals surface area contributed by atoms with Gasteiger partial charge in [0, 0.05) is 24.3 Å². The second-order valence-corrected chi connectivity index (χ2v) is 4.44. The number of hydrogen-bond donors (Lipinski definition) is 0. The van der Waals surface area contributed by atoms with Crippen LogP contribution in [-0.4, -0.2) is 17.8 Å². The van der Waals surface area contributed by atoms with Gasteiger partial charge in [-0.05, 0) is 20.8 Å². The van der Waals surface area contributed by atoms with Crippen LogP contribution in [0.2, 0.25) is 0 Å². The van der Waals surface area contributed by atoms with E-state index in [0.29, 0.717) is 11.1 Å². The summed E-state index contributed by atoms with van der Waals surface area (Å²) in [6.07, 6.45) is 0. The average molecular weight is 236 g/mol. The van der Waals surface area contributed by atoms with Crippen LogP contribution in [-0.2, 0) is 0 Å². The lowest BCUT2D eigenvalue weighted by atomic mass is 9.74. The van der Waals surface area contributed by atoms with Crippen LogP contribution >= 0.6 is 11.6 Å². The fraction of sp³-hybridized carbons (Fsp3) is 0.500. The predicted molar refractivity (Wildman–Crippen MR) is 63.2 cm³/mol. The van der Waals surface area contributed by atoms with E-state index in [4.69, 9.17) is 11.6 Å². The van der Waals surface area contributed by atoms with Crippen LogP contribution in [0.1, 0.15) is 20.8 Å². The van der Waals surface area contributed by atoms with Gasteiger partial charge in [0.2, 0.25) is 0 Å². The molecule has 0 aromatic carbocycles. The molecule has 1 heterocycles. The van der Waals surface area contributed by atoms with Crippen molar-refractivity contribution in [3.63, 3.8) is 0 Å². The van der Waals surface area contributed by atoms with Gasteiger partial charge >= 0.3 is 0 Å². The van der Waals surface area contributed by atoms with E-state index < -0.39 is 5.41 Å². The highest BCUT2D eigenvalue weighted by atomic mass is 35.5. The van der Waals surface area contributed by atoms with E-state index in [-0.39, 0.29) is 5.88 Å². The maximum atomic E-state index is 9.22. The van der Waals surface area contributed by atoms with E-state index in [1.807, 2.05) is 32.7 Å². The summed E-state index contributed by atoms with van der Waals surface area (Å²) < 4.78 is 0. The van der Waals surface area contributed by atoms with E-state index in [9.17, 15) is 10.5 Å². The molecule has 3 nitrogen and oxygen atoms in total. The molecule has 16 heavy (non-hydrogen) atoms. The van der Waals surface area contributed by atoms with Gasteiger partial charge in [0.15, 0.2) is 0 Å².